The lowest BCUT2D eigenvalue weighted by Crippen LogP contribution is -2.36. The number of ether oxygens (including phenoxy) is 1. The molecule has 1 aromatic heterocycles. The van der Waals surface area contributed by atoms with E-state index in [0.717, 1.165) is 26.5 Å². The molecule has 4 nitrogen and oxygen atoms in total. The second-order valence-electron chi connectivity index (χ2n) is 6.82. The van der Waals surface area contributed by atoms with Crippen molar-refractivity contribution in [2.75, 3.05) is 0 Å². The highest BCUT2D eigenvalue weighted by Crippen LogP contribution is 2.21. The van der Waals surface area contributed by atoms with E-state index in [1.54, 1.807) is 11.3 Å². The Morgan fingerprint density at radius 2 is 2.00 bits per heavy atom. The van der Waals surface area contributed by atoms with E-state index in [1.807, 2.05) is 79.6 Å². The lowest BCUT2D eigenvalue weighted by Gasteiger charge is -2.26. The summed E-state index contributed by atoms with van der Waals surface area (Å²) in [5, 5.41) is 2.90. The minimum absolute atomic E-state index is 0.00186. The van der Waals surface area contributed by atoms with E-state index in [2.05, 4.69) is 20.9 Å². The van der Waals surface area contributed by atoms with Crippen molar-refractivity contribution in [3.8, 4) is 5.75 Å². The molecule has 0 unspecified atom stereocenters. The fourth-order valence-corrected chi connectivity index (χ4v) is 3.89. The van der Waals surface area contributed by atoms with Crippen molar-refractivity contribution >= 4 is 33.2 Å². The number of hydrogen-bond donors (Lipinski definition) is 0. The predicted octanol–water partition coefficient (Wildman–Crippen LogP) is 5.84. The standard InChI is InChI=1S/C22H23BrN2O2S/c1-15(2)25(22(26)17-8-6-9-18(23)11-17)12-19-14-28-21(24-19)13-27-20-10-5-4-7-16(20)3/h4-11,14-15H,12-13H2,1-3H3. The molecule has 3 aromatic rings. The fraction of sp³-hybridized carbons (Fsp3) is 0.273. The summed E-state index contributed by atoms with van der Waals surface area (Å²) in [4.78, 5) is 19.5. The smallest absolute Gasteiger partial charge is 0.254 e. The van der Waals surface area contributed by atoms with Gasteiger partial charge in [0.25, 0.3) is 5.91 Å². The molecular formula is C22H23BrN2O2S. The number of nitrogens with zero attached hydrogens (tertiary/aromatic N) is 2. The van der Waals surface area contributed by atoms with E-state index >= 15 is 0 Å². The first-order valence-corrected chi connectivity index (χ1v) is 10.8. The van der Waals surface area contributed by atoms with Crippen molar-refractivity contribution in [2.45, 2.75) is 40.0 Å². The molecule has 0 atom stereocenters. The average molecular weight is 459 g/mol. The Morgan fingerprint density at radius 3 is 2.71 bits per heavy atom. The first-order valence-electron chi connectivity index (χ1n) is 9.12. The van der Waals surface area contributed by atoms with Crippen LogP contribution in [0.4, 0.5) is 0 Å². The SMILES string of the molecule is Cc1ccccc1OCc1nc(CN(C(=O)c2cccc(Br)c2)C(C)C)cs1. The number of thiazole rings is 1. The molecule has 28 heavy (non-hydrogen) atoms. The Balaban J connectivity index is 1.67. The van der Waals surface area contributed by atoms with Gasteiger partial charge >= 0.3 is 0 Å². The number of halogens is 1. The molecule has 0 fully saturated rings. The van der Waals surface area contributed by atoms with Crippen LogP contribution in [-0.2, 0) is 13.2 Å². The van der Waals surface area contributed by atoms with Crippen LogP contribution in [0, 0.1) is 6.92 Å². The molecule has 2 aromatic carbocycles. The van der Waals surface area contributed by atoms with Gasteiger partial charge in [-0.1, -0.05) is 40.2 Å². The number of hydrogen-bond acceptors (Lipinski definition) is 4. The molecule has 0 N–H and O–H groups in total. The van der Waals surface area contributed by atoms with Crippen LogP contribution in [0.15, 0.2) is 58.4 Å². The molecule has 0 saturated heterocycles. The Bertz CT molecular complexity index is 955. The number of aryl methyl sites for hydroxylation is 1. The number of carbonyl (C=O) groups is 1. The maximum absolute atomic E-state index is 13.0. The topological polar surface area (TPSA) is 42.4 Å². The summed E-state index contributed by atoms with van der Waals surface area (Å²) in [5.41, 5.74) is 2.65. The minimum atomic E-state index is 0.00186. The Hall–Kier alpha value is -2.18. The summed E-state index contributed by atoms with van der Waals surface area (Å²) >= 11 is 4.99. The molecule has 0 spiro atoms. The highest BCUT2D eigenvalue weighted by Gasteiger charge is 2.20. The molecular weight excluding hydrogens is 436 g/mol. The third-order valence-electron chi connectivity index (χ3n) is 4.33. The number of para-hydroxylation sites is 1. The van der Waals surface area contributed by atoms with Gasteiger partial charge < -0.3 is 9.64 Å². The molecule has 1 heterocycles. The second-order valence-corrected chi connectivity index (χ2v) is 8.68. The lowest BCUT2D eigenvalue weighted by molar-refractivity contribution is 0.0688. The first-order chi connectivity index (χ1) is 13.4. The van der Waals surface area contributed by atoms with Crippen molar-refractivity contribution in [3.05, 3.63) is 80.2 Å². The van der Waals surface area contributed by atoms with Gasteiger partial charge in [-0.15, -0.1) is 11.3 Å². The number of benzene rings is 2. The van der Waals surface area contributed by atoms with E-state index in [4.69, 9.17) is 4.74 Å². The van der Waals surface area contributed by atoms with Crippen LogP contribution in [0.3, 0.4) is 0 Å². The molecule has 0 aliphatic rings. The number of carbonyl (C=O) groups excluding carboxylic acids is 1. The van der Waals surface area contributed by atoms with Crippen LogP contribution in [-0.4, -0.2) is 21.8 Å². The van der Waals surface area contributed by atoms with Gasteiger partial charge in [0.2, 0.25) is 0 Å². The highest BCUT2D eigenvalue weighted by atomic mass is 79.9. The van der Waals surface area contributed by atoms with Gasteiger partial charge in [-0.2, -0.15) is 0 Å². The number of amides is 1. The van der Waals surface area contributed by atoms with E-state index in [-0.39, 0.29) is 11.9 Å². The zero-order chi connectivity index (χ0) is 20.1. The van der Waals surface area contributed by atoms with Crippen molar-refractivity contribution in [1.82, 2.24) is 9.88 Å². The third-order valence-corrected chi connectivity index (χ3v) is 5.70. The molecule has 6 heteroatoms. The third kappa shape index (κ3) is 5.20. The van der Waals surface area contributed by atoms with Gasteiger partial charge in [0.1, 0.15) is 17.4 Å². The first kappa shape index (κ1) is 20.6. The molecule has 146 valence electrons. The van der Waals surface area contributed by atoms with Crippen molar-refractivity contribution < 1.29 is 9.53 Å². The number of rotatable bonds is 7. The largest absolute Gasteiger partial charge is 0.486 e. The molecule has 0 aliphatic carbocycles. The summed E-state index contributed by atoms with van der Waals surface area (Å²) in [6, 6.07) is 15.5. The van der Waals surface area contributed by atoms with Gasteiger partial charge in [-0.05, 0) is 50.6 Å². The van der Waals surface area contributed by atoms with Crippen LogP contribution < -0.4 is 4.74 Å². The summed E-state index contributed by atoms with van der Waals surface area (Å²) in [6.45, 7) is 6.96. The van der Waals surface area contributed by atoms with Gasteiger partial charge in [0.15, 0.2) is 0 Å². The summed E-state index contributed by atoms with van der Waals surface area (Å²) < 4.78 is 6.78. The van der Waals surface area contributed by atoms with Gasteiger partial charge in [0, 0.05) is 21.5 Å². The fourth-order valence-electron chi connectivity index (χ4n) is 2.80. The van der Waals surface area contributed by atoms with Crippen LogP contribution in [0.1, 0.15) is 40.5 Å². The molecule has 0 bridgehead atoms. The predicted molar refractivity (Wildman–Crippen MR) is 117 cm³/mol. The van der Waals surface area contributed by atoms with Crippen LogP contribution >= 0.6 is 27.3 Å². The summed E-state index contributed by atoms with van der Waals surface area (Å²) in [7, 11) is 0. The average Bonchev–Trinajstić information content (AvgIpc) is 3.12. The zero-order valence-electron chi connectivity index (χ0n) is 16.2. The molecule has 1 amide bonds. The quantitative estimate of drug-likeness (QED) is 0.446. The van der Waals surface area contributed by atoms with Crippen LogP contribution in [0.25, 0.3) is 0 Å². The maximum Gasteiger partial charge on any atom is 0.254 e. The van der Waals surface area contributed by atoms with E-state index < -0.39 is 0 Å². The van der Waals surface area contributed by atoms with Crippen molar-refractivity contribution in [3.63, 3.8) is 0 Å². The van der Waals surface area contributed by atoms with Crippen molar-refractivity contribution in [1.29, 1.82) is 0 Å². The van der Waals surface area contributed by atoms with E-state index in [0.29, 0.717) is 18.7 Å². The zero-order valence-corrected chi connectivity index (χ0v) is 18.6. The Morgan fingerprint density at radius 1 is 1.21 bits per heavy atom. The minimum Gasteiger partial charge on any atom is -0.486 e. The second kappa shape index (κ2) is 9.34. The normalized spacial score (nSPS) is 10.9. The maximum atomic E-state index is 13.0. The van der Waals surface area contributed by atoms with Gasteiger partial charge in [0.05, 0.1) is 12.2 Å². The molecule has 0 saturated carbocycles. The molecule has 0 aliphatic heterocycles. The summed E-state index contributed by atoms with van der Waals surface area (Å²) in [5.74, 6) is 0.870. The Labute approximate surface area is 178 Å². The Kier molecular flexibility index (Phi) is 6.86. The van der Waals surface area contributed by atoms with Gasteiger partial charge in [-0.3, -0.25) is 4.79 Å². The van der Waals surface area contributed by atoms with Crippen molar-refractivity contribution in [2.24, 2.45) is 0 Å². The lowest BCUT2D eigenvalue weighted by atomic mass is 10.1. The monoisotopic (exact) mass is 458 g/mol. The molecule has 0 radical (unpaired) electrons. The summed E-state index contributed by atoms with van der Waals surface area (Å²) in [6.07, 6.45) is 0. The van der Waals surface area contributed by atoms with Gasteiger partial charge in [-0.25, -0.2) is 4.98 Å². The highest BCUT2D eigenvalue weighted by molar-refractivity contribution is 9.10. The van der Waals surface area contributed by atoms with Crippen LogP contribution in [0.5, 0.6) is 5.75 Å². The van der Waals surface area contributed by atoms with E-state index in [1.165, 1.54) is 0 Å². The number of aromatic nitrogens is 1. The van der Waals surface area contributed by atoms with Crippen LogP contribution in [0.2, 0.25) is 0 Å². The molecule has 3 rings (SSSR count). The van der Waals surface area contributed by atoms with E-state index in [9.17, 15) is 4.79 Å².